The lowest BCUT2D eigenvalue weighted by Crippen LogP contribution is -2.45. The normalized spacial score (nSPS) is 24.8. The maximum atomic E-state index is 12.8. The van der Waals surface area contributed by atoms with Gasteiger partial charge in [-0.05, 0) is 67.9 Å². The van der Waals surface area contributed by atoms with Gasteiger partial charge in [0.15, 0.2) is 0 Å². The largest absolute Gasteiger partial charge is 0.491 e. The summed E-state index contributed by atoms with van der Waals surface area (Å²) in [5, 5.41) is 12.6. The molecular weight excluding hydrogens is 342 g/mol. The maximum Gasteiger partial charge on any atom is 0.240 e. The summed E-state index contributed by atoms with van der Waals surface area (Å²) in [6.45, 7) is 6.79. The van der Waals surface area contributed by atoms with Crippen LogP contribution in [0.5, 0.6) is 5.75 Å². The summed E-state index contributed by atoms with van der Waals surface area (Å²) >= 11 is 0. The molecule has 2 fully saturated rings. The summed E-state index contributed by atoms with van der Waals surface area (Å²) in [4.78, 5) is 14.6. The van der Waals surface area contributed by atoms with Crippen molar-refractivity contribution in [1.82, 2.24) is 10.2 Å². The van der Waals surface area contributed by atoms with Crippen molar-refractivity contribution in [1.29, 1.82) is 5.26 Å². The molecule has 2 aliphatic heterocycles. The highest BCUT2D eigenvalue weighted by Gasteiger charge is 2.38. The van der Waals surface area contributed by atoms with Crippen molar-refractivity contribution in [3.05, 3.63) is 28.8 Å². The number of nitrogens with one attached hydrogen (secondary N) is 1. The van der Waals surface area contributed by atoms with E-state index in [1.807, 2.05) is 0 Å². The molecule has 0 spiro atoms. The van der Waals surface area contributed by atoms with Gasteiger partial charge in [0.2, 0.25) is 5.91 Å². The number of amides is 1. The first-order valence-corrected chi connectivity index (χ1v) is 9.71. The van der Waals surface area contributed by atoms with E-state index in [1.165, 1.54) is 16.7 Å². The van der Waals surface area contributed by atoms with Gasteiger partial charge >= 0.3 is 0 Å². The van der Waals surface area contributed by atoms with Gasteiger partial charge in [-0.1, -0.05) is 0 Å². The van der Waals surface area contributed by atoms with E-state index in [4.69, 9.17) is 9.47 Å². The van der Waals surface area contributed by atoms with Crippen LogP contribution in [0, 0.1) is 25.2 Å². The van der Waals surface area contributed by atoms with E-state index >= 15 is 0 Å². The minimum absolute atomic E-state index is 0.0800. The molecule has 1 aromatic rings. The first-order valence-electron chi connectivity index (χ1n) is 9.71. The third kappa shape index (κ3) is 4.26. The smallest absolute Gasteiger partial charge is 0.240 e. The molecule has 3 atom stereocenters. The van der Waals surface area contributed by atoms with Gasteiger partial charge in [0.1, 0.15) is 18.4 Å². The second kappa shape index (κ2) is 8.73. The molecular formula is C21H29N3O3. The average molecular weight is 371 g/mol. The minimum atomic E-state index is -0.259. The molecule has 1 amide bonds. The van der Waals surface area contributed by atoms with Crippen LogP contribution in [0.4, 0.5) is 0 Å². The Morgan fingerprint density at radius 1 is 1.33 bits per heavy atom. The number of hydrogen-bond acceptors (Lipinski definition) is 5. The van der Waals surface area contributed by atoms with Gasteiger partial charge in [-0.25, -0.2) is 0 Å². The van der Waals surface area contributed by atoms with Gasteiger partial charge in [-0.15, -0.1) is 0 Å². The van der Waals surface area contributed by atoms with Crippen molar-refractivity contribution in [3.63, 3.8) is 0 Å². The highest BCUT2D eigenvalue weighted by atomic mass is 16.5. The Morgan fingerprint density at radius 2 is 2.07 bits per heavy atom. The van der Waals surface area contributed by atoms with E-state index in [1.54, 1.807) is 12.0 Å². The number of carbonyl (C=O) groups excluding carboxylic acids is 1. The highest BCUT2D eigenvalue weighted by Crippen LogP contribution is 2.34. The summed E-state index contributed by atoms with van der Waals surface area (Å²) in [6.07, 6.45) is 2.49. The molecule has 3 rings (SSSR count). The fraction of sp³-hybridized carbons (Fsp3) is 0.619. The molecule has 2 saturated heterocycles. The Labute approximate surface area is 161 Å². The summed E-state index contributed by atoms with van der Waals surface area (Å²) < 4.78 is 10.8. The quantitative estimate of drug-likeness (QED) is 0.777. The van der Waals surface area contributed by atoms with Gasteiger partial charge in [0.05, 0.1) is 18.7 Å². The predicted molar refractivity (Wildman–Crippen MR) is 103 cm³/mol. The third-order valence-electron chi connectivity index (χ3n) is 5.65. The van der Waals surface area contributed by atoms with Crippen LogP contribution in [0.3, 0.4) is 0 Å². The zero-order chi connectivity index (χ0) is 19.4. The molecule has 0 aliphatic carbocycles. The van der Waals surface area contributed by atoms with Gasteiger partial charge in [0, 0.05) is 20.2 Å². The van der Waals surface area contributed by atoms with E-state index in [2.05, 4.69) is 37.4 Å². The molecule has 2 heterocycles. The molecule has 1 N–H and O–H groups in total. The Hall–Kier alpha value is -2.10. The lowest BCUT2D eigenvalue weighted by atomic mass is 9.88. The molecule has 27 heavy (non-hydrogen) atoms. The number of carbonyl (C=O) groups is 1. The van der Waals surface area contributed by atoms with Crippen molar-refractivity contribution in [2.24, 2.45) is 0 Å². The van der Waals surface area contributed by atoms with Crippen LogP contribution >= 0.6 is 0 Å². The van der Waals surface area contributed by atoms with Gasteiger partial charge in [0.25, 0.3) is 0 Å². The van der Waals surface area contributed by atoms with Crippen molar-refractivity contribution in [2.45, 2.75) is 51.1 Å². The first-order chi connectivity index (χ1) is 13.0. The van der Waals surface area contributed by atoms with Crippen molar-refractivity contribution in [2.75, 3.05) is 33.4 Å². The molecule has 0 unspecified atom stereocenters. The molecule has 1 aromatic carbocycles. The number of rotatable bonds is 6. The number of likely N-dealkylation sites (tertiary alicyclic amines) is 1. The standard InChI is InChI=1S/C21H29N3O3/c1-14-9-18(27-8-7-26-3)10-15(2)20(14)16-11-19(23-13-16)21(25)24-6-4-5-17(24)12-22/h9-10,16-17,19,23H,4-8,11,13H2,1-3H3/t16-,17-,19-/m0/s1. The number of benzene rings is 1. The second-order valence-electron chi connectivity index (χ2n) is 7.52. The zero-order valence-corrected chi connectivity index (χ0v) is 16.5. The Bertz CT molecular complexity index is 705. The highest BCUT2D eigenvalue weighted by molar-refractivity contribution is 5.83. The van der Waals surface area contributed by atoms with E-state index < -0.39 is 0 Å². The van der Waals surface area contributed by atoms with E-state index in [0.29, 0.717) is 25.7 Å². The number of nitriles is 1. The van der Waals surface area contributed by atoms with E-state index in [-0.39, 0.29) is 18.0 Å². The van der Waals surface area contributed by atoms with Crippen LogP contribution in [0.15, 0.2) is 12.1 Å². The average Bonchev–Trinajstić information content (AvgIpc) is 3.30. The van der Waals surface area contributed by atoms with Gasteiger partial charge < -0.3 is 19.7 Å². The molecule has 0 aromatic heterocycles. The van der Waals surface area contributed by atoms with Crippen molar-refractivity contribution < 1.29 is 14.3 Å². The number of aryl methyl sites for hydroxylation is 2. The SMILES string of the molecule is COCCOc1cc(C)c([C@@H]2CN[C@H](C(=O)N3CCC[C@H]3C#N)C2)c(C)c1. The Kier molecular flexibility index (Phi) is 6.35. The first kappa shape index (κ1) is 19.7. The van der Waals surface area contributed by atoms with Crippen molar-refractivity contribution >= 4 is 5.91 Å². The molecule has 2 aliphatic rings. The summed E-state index contributed by atoms with van der Waals surface area (Å²) in [5.74, 6) is 1.24. The van der Waals surface area contributed by atoms with Gasteiger partial charge in [-0.3, -0.25) is 4.79 Å². The number of methoxy groups -OCH3 is 1. The molecule has 6 nitrogen and oxygen atoms in total. The fourth-order valence-electron chi connectivity index (χ4n) is 4.41. The van der Waals surface area contributed by atoms with Crippen LogP contribution in [0.1, 0.15) is 41.9 Å². The van der Waals surface area contributed by atoms with Crippen LogP contribution in [0.2, 0.25) is 0 Å². The van der Waals surface area contributed by atoms with E-state index in [9.17, 15) is 10.1 Å². The second-order valence-corrected chi connectivity index (χ2v) is 7.52. The lowest BCUT2D eigenvalue weighted by molar-refractivity contribution is -0.133. The number of ether oxygens (including phenoxy) is 2. The summed E-state index contributed by atoms with van der Waals surface area (Å²) in [7, 11) is 1.66. The molecule has 146 valence electrons. The van der Waals surface area contributed by atoms with Crippen LogP contribution < -0.4 is 10.1 Å². The summed E-state index contributed by atoms with van der Waals surface area (Å²) in [6, 6.07) is 5.95. The fourth-order valence-corrected chi connectivity index (χ4v) is 4.41. The predicted octanol–water partition coefficient (Wildman–Crippen LogP) is 2.29. The molecule has 0 saturated carbocycles. The summed E-state index contributed by atoms with van der Waals surface area (Å²) in [5.41, 5.74) is 3.69. The van der Waals surface area contributed by atoms with Crippen molar-refractivity contribution in [3.8, 4) is 11.8 Å². The molecule has 0 radical (unpaired) electrons. The Balaban J connectivity index is 1.68. The maximum absolute atomic E-state index is 12.8. The van der Waals surface area contributed by atoms with Crippen LogP contribution in [-0.4, -0.2) is 56.3 Å². The topological polar surface area (TPSA) is 74.6 Å². The van der Waals surface area contributed by atoms with Crippen LogP contribution in [-0.2, 0) is 9.53 Å². The lowest BCUT2D eigenvalue weighted by Gasteiger charge is -2.23. The van der Waals surface area contributed by atoms with Crippen LogP contribution in [0.25, 0.3) is 0 Å². The third-order valence-corrected chi connectivity index (χ3v) is 5.65. The number of nitrogens with zero attached hydrogens (tertiary/aromatic N) is 2. The zero-order valence-electron chi connectivity index (χ0n) is 16.5. The van der Waals surface area contributed by atoms with Gasteiger partial charge in [-0.2, -0.15) is 5.26 Å². The monoisotopic (exact) mass is 371 g/mol. The number of hydrogen-bond donors (Lipinski definition) is 1. The molecule has 6 heteroatoms. The minimum Gasteiger partial charge on any atom is -0.491 e. The Morgan fingerprint density at radius 3 is 2.74 bits per heavy atom. The molecule has 0 bridgehead atoms. The van der Waals surface area contributed by atoms with E-state index in [0.717, 1.165) is 31.6 Å².